The lowest BCUT2D eigenvalue weighted by atomic mass is 9.64. The van der Waals surface area contributed by atoms with E-state index in [9.17, 15) is 0 Å². The molecule has 110 valence electrons. The Hall–Kier alpha value is -0.120. The standard InChI is InChI=1S/C15H35N3/c1-13(7-11-17)15(3,14(2)8-12-18)9-5-4-6-10-16/h13-14H,4-12,16-18H2,1-3H3. The average molecular weight is 257 g/mol. The molecule has 6 N–H and O–H groups in total. The molecule has 3 nitrogen and oxygen atoms in total. The molecule has 0 aromatic rings. The molecule has 0 rings (SSSR count). The lowest BCUT2D eigenvalue weighted by Crippen LogP contribution is -2.35. The zero-order chi connectivity index (χ0) is 14.0. The molecule has 0 saturated heterocycles. The topological polar surface area (TPSA) is 78.1 Å². The van der Waals surface area contributed by atoms with Crippen LogP contribution in [0.5, 0.6) is 0 Å². The highest BCUT2D eigenvalue weighted by Gasteiger charge is 2.35. The normalized spacial score (nSPS) is 18.3. The monoisotopic (exact) mass is 257 g/mol. The van der Waals surface area contributed by atoms with Crippen molar-refractivity contribution < 1.29 is 0 Å². The first-order valence-electron chi connectivity index (χ1n) is 7.63. The molecule has 0 aromatic carbocycles. The second-order valence-corrected chi connectivity index (χ2v) is 6.06. The van der Waals surface area contributed by atoms with E-state index in [0.717, 1.165) is 38.9 Å². The quantitative estimate of drug-likeness (QED) is 0.498. The van der Waals surface area contributed by atoms with Crippen LogP contribution < -0.4 is 17.2 Å². The van der Waals surface area contributed by atoms with Crippen LogP contribution in [0.4, 0.5) is 0 Å². The molecular formula is C15H35N3. The molecule has 0 aliphatic heterocycles. The molecule has 0 spiro atoms. The van der Waals surface area contributed by atoms with Crippen molar-refractivity contribution in [1.82, 2.24) is 0 Å². The molecule has 0 heterocycles. The summed E-state index contributed by atoms with van der Waals surface area (Å²) in [4.78, 5) is 0. The van der Waals surface area contributed by atoms with Crippen LogP contribution in [0, 0.1) is 17.3 Å². The van der Waals surface area contributed by atoms with Gasteiger partial charge in [0.2, 0.25) is 0 Å². The maximum absolute atomic E-state index is 5.74. The van der Waals surface area contributed by atoms with Gasteiger partial charge in [-0.3, -0.25) is 0 Å². The van der Waals surface area contributed by atoms with Crippen molar-refractivity contribution in [2.24, 2.45) is 34.5 Å². The molecule has 0 aromatic heterocycles. The Morgan fingerprint density at radius 3 is 1.67 bits per heavy atom. The second kappa shape index (κ2) is 9.76. The summed E-state index contributed by atoms with van der Waals surface area (Å²) in [5.74, 6) is 1.34. The van der Waals surface area contributed by atoms with Gasteiger partial charge in [-0.2, -0.15) is 0 Å². The predicted octanol–water partition coefficient (Wildman–Crippen LogP) is 2.48. The van der Waals surface area contributed by atoms with E-state index in [-0.39, 0.29) is 0 Å². The fourth-order valence-electron chi connectivity index (χ4n) is 2.96. The second-order valence-electron chi connectivity index (χ2n) is 6.06. The summed E-state index contributed by atoms with van der Waals surface area (Å²) < 4.78 is 0. The molecule has 3 heteroatoms. The van der Waals surface area contributed by atoms with Crippen molar-refractivity contribution in [2.45, 2.75) is 59.3 Å². The first-order chi connectivity index (χ1) is 8.52. The van der Waals surface area contributed by atoms with Crippen molar-refractivity contribution in [3.05, 3.63) is 0 Å². The Morgan fingerprint density at radius 2 is 1.28 bits per heavy atom. The molecule has 0 aliphatic carbocycles. The summed E-state index contributed by atoms with van der Waals surface area (Å²) in [6.07, 6.45) is 7.17. The first-order valence-corrected chi connectivity index (χ1v) is 7.63. The Morgan fingerprint density at radius 1 is 0.778 bits per heavy atom. The molecule has 0 amide bonds. The van der Waals surface area contributed by atoms with E-state index >= 15 is 0 Å². The van der Waals surface area contributed by atoms with Gasteiger partial charge in [0.1, 0.15) is 0 Å². The Balaban J connectivity index is 4.47. The Kier molecular flexibility index (Phi) is 9.70. The van der Waals surface area contributed by atoms with Crippen molar-refractivity contribution in [3.63, 3.8) is 0 Å². The zero-order valence-electron chi connectivity index (χ0n) is 12.8. The number of unbranched alkanes of at least 4 members (excludes halogenated alkanes) is 2. The Bertz CT molecular complexity index is 182. The summed E-state index contributed by atoms with van der Waals surface area (Å²) in [5.41, 5.74) is 17.4. The van der Waals surface area contributed by atoms with E-state index in [1.165, 1.54) is 19.3 Å². The maximum atomic E-state index is 5.74. The van der Waals surface area contributed by atoms with Crippen LogP contribution in [0.3, 0.4) is 0 Å². The van der Waals surface area contributed by atoms with Crippen LogP contribution in [-0.4, -0.2) is 19.6 Å². The first kappa shape index (κ1) is 17.9. The highest BCUT2D eigenvalue weighted by Crippen LogP contribution is 2.43. The van der Waals surface area contributed by atoms with E-state index in [1.807, 2.05) is 0 Å². The molecule has 0 radical (unpaired) electrons. The largest absolute Gasteiger partial charge is 0.330 e. The lowest BCUT2D eigenvalue weighted by Gasteiger charge is -2.41. The van der Waals surface area contributed by atoms with Gasteiger partial charge in [-0.25, -0.2) is 0 Å². The van der Waals surface area contributed by atoms with Crippen LogP contribution in [0.25, 0.3) is 0 Å². The summed E-state index contributed by atoms with van der Waals surface area (Å²) in [7, 11) is 0. The van der Waals surface area contributed by atoms with E-state index in [1.54, 1.807) is 0 Å². The van der Waals surface area contributed by atoms with Gasteiger partial charge in [0.15, 0.2) is 0 Å². The van der Waals surface area contributed by atoms with Gasteiger partial charge in [-0.05, 0) is 62.6 Å². The van der Waals surface area contributed by atoms with Crippen LogP contribution in [-0.2, 0) is 0 Å². The molecule has 2 atom stereocenters. The molecule has 2 unspecified atom stereocenters. The SMILES string of the molecule is CC(CCN)C(C)(CCCCCN)C(C)CCN. The average Bonchev–Trinajstić information content (AvgIpc) is 2.35. The van der Waals surface area contributed by atoms with Gasteiger partial charge in [0.05, 0.1) is 0 Å². The minimum atomic E-state index is 0.368. The lowest BCUT2D eigenvalue weighted by molar-refractivity contribution is 0.0872. The van der Waals surface area contributed by atoms with Gasteiger partial charge in [-0.1, -0.05) is 33.6 Å². The molecule has 0 aliphatic rings. The highest BCUT2D eigenvalue weighted by molar-refractivity contribution is 4.85. The number of rotatable bonds is 11. The van der Waals surface area contributed by atoms with Crippen molar-refractivity contribution >= 4 is 0 Å². The Labute approximate surface area is 114 Å². The summed E-state index contributed by atoms with van der Waals surface area (Å²) in [6.45, 7) is 9.51. The predicted molar refractivity (Wildman–Crippen MR) is 81.3 cm³/mol. The van der Waals surface area contributed by atoms with Crippen molar-refractivity contribution in [2.75, 3.05) is 19.6 Å². The van der Waals surface area contributed by atoms with Crippen LogP contribution >= 0.6 is 0 Å². The molecular weight excluding hydrogens is 222 g/mol. The summed E-state index contributed by atoms with van der Waals surface area (Å²) in [5, 5.41) is 0. The third-order valence-corrected chi connectivity index (χ3v) is 4.87. The van der Waals surface area contributed by atoms with Crippen LogP contribution in [0.15, 0.2) is 0 Å². The van der Waals surface area contributed by atoms with Gasteiger partial charge < -0.3 is 17.2 Å². The van der Waals surface area contributed by atoms with Gasteiger partial charge in [-0.15, -0.1) is 0 Å². The van der Waals surface area contributed by atoms with Crippen molar-refractivity contribution in [3.8, 4) is 0 Å². The van der Waals surface area contributed by atoms with E-state index < -0.39 is 0 Å². The van der Waals surface area contributed by atoms with E-state index in [4.69, 9.17) is 17.2 Å². The van der Waals surface area contributed by atoms with Gasteiger partial charge in [0.25, 0.3) is 0 Å². The minimum absolute atomic E-state index is 0.368. The fraction of sp³-hybridized carbons (Fsp3) is 1.00. The van der Waals surface area contributed by atoms with Crippen LogP contribution in [0.2, 0.25) is 0 Å². The summed E-state index contributed by atoms with van der Waals surface area (Å²) >= 11 is 0. The number of hydrogen-bond acceptors (Lipinski definition) is 3. The molecule has 0 bridgehead atoms. The number of hydrogen-bond donors (Lipinski definition) is 3. The summed E-state index contributed by atoms with van der Waals surface area (Å²) in [6, 6.07) is 0. The third kappa shape index (κ3) is 5.68. The van der Waals surface area contributed by atoms with E-state index in [0.29, 0.717) is 17.3 Å². The molecule has 0 fully saturated rings. The zero-order valence-corrected chi connectivity index (χ0v) is 12.8. The van der Waals surface area contributed by atoms with E-state index in [2.05, 4.69) is 20.8 Å². The molecule has 0 saturated carbocycles. The molecule has 18 heavy (non-hydrogen) atoms. The smallest absolute Gasteiger partial charge is 0.00745 e. The van der Waals surface area contributed by atoms with Crippen LogP contribution in [0.1, 0.15) is 59.3 Å². The minimum Gasteiger partial charge on any atom is -0.330 e. The van der Waals surface area contributed by atoms with Gasteiger partial charge in [0, 0.05) is 0 Å². The third-order valence-electron chi connectivity index (χ3n) is 4.87. The fourth-order valence-corrected chi connectivity index (χ4v) is 2.96. The highest BCUT2D eigenvalue weighted by atomic mass is 14.6. The van der Waals surface area contributed by atoms with Crippen molar-refractivity contribution in [1.29, 1.82) is 0 Å². The maximum Gasteiger partial charge on any atom is -0.00745 e. The number of nitrogens with two attached hydrogens (primary N) is 3. The van der Waals surface area contributed by atoms with Gasteiger partial charge >= 0.3 is 0 Å².